The van der Waals surface area contributed by atoms with Crippen molar-refractivity contribution < 1.29 is 23.8 Å². The Bertz CT molecular complexity index is 1310. The zero-order chi connectivity index (χ0) is 27.8. The Morgan fingerprint density at radius 3 is 2.38 bits per heavy atom. The normalized spacial score (nSPS) is 21.1. The fourth-order valence-corrected chi connectivity index (χ4v) is 4.74. The number of amides is 2. The monoisotopic (exact) mass is 528 g/mol. The second kappa shape index (κ2) is 13.0. The summed E-state index contributed by atoms with van der Waals surface area (Å²) in [4.78, 5) is 29.3. The smallest absolute Gasteiger partial charge is 0.258 e. The molecule has 4 rings (SSSR count). The Labute approximate surface area is 230 Å². The van der Waals surface area contributed by atoms with Gasteiger partial charge in [-0.25, -0.2) is 0 Å². The van der Waals surface area contributed by atoms with Gasteiger partial charge in [0.2, 0.25) is 5.91 Å². The van der Waals surface area contributed by atoms with Crippen LogP contribution in [-0.2, 0) is 11.2 Å². The van der Waals surface area contributed by atoms with E-state index in [1.807, 2.05) is 67.6 Å². The molecular formula is C32H36N2O5. The zero-order valence-corrected chi connectivity index (χ0v) is 22.9. The van der Waals surface area contributed by atoms with E-state index in [0.717, 1.165) is 11.1 Å². The molecule has 39 heavy (non-hydrogen) atoms. The van der Waals surface area contributed by atoms with Crippen LogP contribution in [0.1, 0.15) is 47.3 Å². The van der Waals surface area contributed by atoms with E-state index in [0.29, 0.717) is 42.1 Å². The molecule has 0 saturated carbocycles. The Hall–Kier alpha value is -4.26. The van der Waals surface area contributed by atoms with Crippen molar-refractivity contribution in [3.05, 3.63) is 102 Å². The molecule has 3 aromatic carbocycles. The molecule has 0 spiro atoms. The summed E-state index contributed by atoms with van der Waals surface area (Å²) in [7, 11) is 4.87. The van der Waals surface area contributed by atoms with Crippen molar-refractivity contribution in [1.29, 1.82) is 0 Å². The van der Waals surface area contributed by atoms with Crippen LogP contribution in [0.3, 0.4) is 0 Å². The van der Waals surface area contributed by atoms with Crippen molar-refractivity contribution in [1.82, 2.24) is 10.2 Å². The van der Waals surface area contributed by atoms with Gasteiger partial charge in [-0.1, -0.05) is 54.6 Å². The number of likely N-dealkylation sites (N-methyl/N-ethyl adjacent to an activating group) is 1. The highest BCUT2D eigenvalue weighted by Crippen LogP contribution is 2.32. The Balaban J connectivity index is 1.76. The maximum absolute atomic E-state index is 14.0. The van der Waals surface area contributed by atoms with Crippen molar-refractivity contribution in [2.75, 3.05) is 21.3 Å². The molecule has 0 aliphatic carbocycles. The average molecular weight is 529 g/mol. The highest BCUT2D eigenvalue weighted by atomic mass is 16.5. The first-order valence-electron chi connectivity index (χ1n) is 13.1. The summed E-state index contributed by atoms with van der Waals surface area (Å²) in [5.74, 6) is 1.25. The van der Waals surface area contributed by atoms with Crippen LogP contribution in [0.4, 0.5) is 0 Å². The van der Waals surface area contributed by atoms with Gasteiger partial charge in [0.1, 0.15) is 23.3 Å². The summed E-state index contributed by atoms with van der Waals surface area (Å²) in [6.45, 7) is 1.98. The van der Waals surface area contributed by atoms with Gasteiger partial charge in [0.25, 0.3) is 5.91 Å². The number of benzene rings is 3. The zero-order valence-electron chi connectivity index (χ0n) is 22.9. The van der Waals surface area contributed by atoms with E-state index in [9.17, 15) is 9.59 Å². The first-order chi connectivity index (χ1) is 18.9. The minimum Gasteiger partial charge on any atom is -0.497 e. The van der Waals surface area contributed by atoms with Gasteiger partial charge in [0, 0.05) is 31.5 Å². The predicted molar refractivity (Wildman–Crippen MR) is 151 cm³/mol. The SMILES string of the molecule is COc1ccc([C@H]2C/C=C\C[C@@H](C)Oc3ccccc3C(=O)N(C)[C@H](Cc3ccccc3)C(=O)N2)c(OC)c1. The molecular weight excluding hydrogens is 492 g/mol. The van der Waals surface area contributed by atoms with Crippen LogP contribution in [0.25, 0.3) is 0 Å². The highest BCUT2D eigenvalue weighted by molar-refractivity contribution is 5.99. The minimum absolute atomic E-state index is 0.146. The summed E-state index contributed by atoms with van der Waals surface area (Å²) in [5.41, 5.74) is 2.20. The summed E-state index contributed by atoms with van der Waals surface area (Å²) in [6, 6.07) is 21.3. The number of para-hydroxylation sites is 1. The third-order valence-electron chi connectivity index (χ3n) is 6.95. The van der Waals surface area contributed by atoms with Crippen LogP contribution in [0, 0.1) is 0 Å². The van der Waals surface area contributed by atoms with Crippen molar-refractivity contribution >= 4 is 11.8 Å². The van der Waals surface area contributed by atoms with Crippen LogP contribution in [0.2, 0.25) is 0 Å². The molecule has 0 bridgehead atoms. The number of ether oxygens (including phenoxy) is 3. The summed E-state index contributed by atoms with van der Waals surface area (Å²) in [6.07, 6.45) is 5.49. The number of fused-ring (bicyclic) bond motifs is 1. The molecule has 1 N–H and O–H groups in total. The third kappa shape index (κ3) is 6.79. The number of nitrogens with one attached hydrogen (secondary N) is 1. The van der Waals surface area contributed by atoms with E-state index in [1.165, 1.54) is 4.90 Å². The van der Waals surface area contributed by atoms with Gasteiger partial charge in [-0.15, -0.1) is 0 Å². The molecule has 1 aliphatic rings. The number of nitrogens with zero attached hydrogens (tertiary/aromatic N) is 1. The molecule has 0 fully saturated rings. The molecule has 0 radical (unpaired) electrons. The minimum atomic E-state index is -0.760. The molecule has 0 saturated heterocycles. The van der Waals surface area contributed by atoms with E-state index in [2.05, 4.69) is 5.32 Å². The summed E-state index contributed by atoms with van der Waals surface area (Å²) < 4.78 is 17.2. The third-order valence-corrected chi connectivity index (χ3v) is 6.95. The first-order valence-corrected chi connectivity index (χ1v) is 13.1. The van der Waals surface area contributed by atoms with Crippen molar-refractivity contribution in [2.24, 2.45) is 0 Å². The number of rotatable bonds is 5. The highest BCUT2D eigenvalue weighted by Gasteiger charge is 2.31. The van der Waals surface area contributed by atoms with Gasteiger partial charge in [0.15, 0.2) is 0 Å². The number of carbonyl (C=O) groups excluding carboxylic acids is 2. The van der Waals surface area contributed by atoms with Crippen LogP contribution in [0.15, 0.2) is 84.9 Å². The van der Waals surface area contributed by atoms with E-state index in [-0.39, 0.29) is 24.0 Å². The van der Waals surface area contributed by atoms with E-state index < -0.39 is 6.04 Å². The number of carbonyl (C=O) groups is 2. The number of hydrogen-bond donors (Lipinski definition) is 1. The molecule has 1 heterocycles. The molecule has 0 aromatic heterocycles. The lowest BCUT2D eigenvalue weighted by Crippen LogP contribution is -2.49. The molecule has 7 nitrogen and oxygen atoms in total. The molecule has 3 atom stereocenters. The molecule has 1 aliphatic heterocycles. The fourth-order valence-electron chi connectivity index (χ4n) is 4.74. The van der Waals surface area contributed by atoms with Crippen LogP contribution < -0.4 is 19.5 Å². The lowest BCUT2D eigenvalue weighted by atomic mass is 9.98. The van der Waals surface area contributed by atoms with Crippen molar-refractivity contribution in [2.45, 2.75) is 44.4 Å². The second-order valence-corrected chi connectivity index (χ2v) is 9.66. The van der Waals surface area contributed by atoms with Crippen molar-refractivity contribution in [3.8, 4) is 17.2 Å². The maximum atomic E-state index is 14.0. The number of hydrogen-bond acceptors (Lipinski definition) is 5. The Morgan fingerprint density at radius 2 is 1.64 bits per heavy atom. The molecule has 7 heteroatoms. The quantitative estimate of drug-likeness (QED) is 0.451. The van der Waals surface area contributed by atoms with Gasteiger partial charge >= 0.3 is 0 Å². The van der Waals surface area contributed by atoms with Gasteiger partial charge in [0.05, 0.1) is 31.9 Å². The topological polar surface area (TPSA) is 77.1 Å². The largest absolute Gasteiger partial charge is 0.497 e. The molecule has 0 unspecified atom stereocenters. The van der Waals surface area contributed by atoms with Crippen LogP contribution in [-0.4, -0.2) is 50.1 Å². The lowest BCUT2D eigenvalue weighted by Gasteiger charge is -2.31. The average Bonchev–Trinajstić information content (AvgIpc) is 2.96. The van der Waals surface area contributed by atoms with Crippen molar-refractivity contribution in [3.63, 3.8) is 0 Å². The van der Waals surface area contributed by atoms with Crippen LogP contribution >= 0.6 is 0 Å². The van der Waals surface area contributed by atoms with E-state index in [1.54, 1.807) is 45.5 Å². The van der Waals surface area contributed by atoms with E-state index in [4.69, 9.17) is 14.2 Å². The summed E-state index contributed by atoms with van der Waals surface area (Å²) >= 11 is 0. The lowest BCUT2D eigenvalue weighted by molar-refractivity contribution is -0.126. The first kappa shape index (κ1) is 27.8. The molecule has 3 aromatic rings. The predicted octanol–water partition coefficient (Wildman–Crippen LogP) is 5.36. The molecule has 204 valence electrons. The van der Waals surface area contributed by atoms with Gasteiger partial charge in [-0.05, 0) is 43.2 Å². The summed E-state index contributed by atoms with van der Waals surface area (Å²) in [5, 5.41) is 3.22. The van der Waals surface area contributed by atoms with Gasteiger partial charge in [-0.3, -0.25) is 9.59 Å². The number of methoxy groups -OCH3 is 2. The van der Waals surface area contributed by atoms with E-state index >= 15 is 0 Å². The van der Waals surface area contributed by atoms with Gasteiger partial charge < -0.3 is 24.4 Å². The Kier molecular flexibility index (Phi) is 9.26. The van der Waals surface area contributed by atoms with Gasteiger partial charge in [-0.2, -0.15) is 0 Å². The second-order valence-electron chi connectivity index (χ2n) is 9.66. The fraction of sp³-hybridized carbons (Fsp3) is 0.312. The van der Waals surface area contributed by atoms with Crippen LogP contribution in [0.5, 0.6) is 17.2 Å². The standard InChI is InChI=1S/C32H36N2O5/c1-22-12-8-10-16-27(25-19-18-24(37-3)21-30(25)38-4)33-31(35)28(20-23-13-6-5-7-14-23)34(2)32(36)26-15-9-11-17-29(26)39-22/h5-11,13-15,17-19,21-22,27-28H,12,16,20H2,1-4H3,(H,33,35)/b10-8-/t22-,27-,28-/m1/s1. The maximum Gasteiger partial charge on any atom is 0.258 e. The Morgan fingerprint density at radius 1 is 0.923 bits per heavy atom. The molecule has 2 amide bonds.